The number of hydrogen-bond donors (Lipinski definition) is 1. The minimum absolute atomic E-state index is 0.0242. The third kappa shape index (κ3) is 2.27. The van der Waals surface area contributed by atoms with Gasteiger partial charge in [0.15, 0.2) is 5.78 Å². The van der Waals surface area contributed by atoms with Crippen LogP contribution in [0.4, 0.5) is 0 Å². The van der Waals surface area contributed by atoms with Gasteiger partial charge in [0.1, 0.15) is 5.60 Å². The Hall–Kier alpha value is -0.810. The molecule has 5 heteroatoms. The lowest BCUT2D eigenvalue weighted by molar-refractivity contribution is -0.167. The Morgan fingerprint density at radius 3 is 2.56 bits per heavy atom. The summed E-state index contributed by atoms with van der Waals surface area (Å²) in [6, 6.07) is 0. The number of esters is 1. The van der Waals surface area contributed by atoms with E-state index >= 15 is 0 Å². The van der Waals surface area contributed by atoms with E-state index in [0.717, 1.165) is 57.0 Å². The lowest BCUT2D eigenvalue weighted by atomic mass is 9.46. The summed E-state index contributed by atoms with van der Waals surface area (Å²) in [4.78, 5) is 24.0. The molecule has 0 unspecified atom stereocenters. The zero-order valence-corrected chi connectivity index (χ0v) is 17.1. The maximum Gasteiger partial charge on any atom is 0.306 e. The fraction of sp³-hybridized carbons (Fsp3) is 0.818. The number of rotatable bonds is 1. The minimum Gasteiger partial charge on any atom is -0.458 e. The van der Waals surface area contributed by atoms with Gasteiger partial charge in [-0.05, 0) is 86.2 Å². The van der Waals surface area contributed by atoms with Crippen LogP contribution in [0.5, 0.6) is 0 Å². The van der Waals surface area contributed by atoms with Gasteiger partial charge in [-0.15, -0.1) is 0 Å². The van der Waals surface area contributed by atoms with Crippen molar-refractivity contribution in [2.45, 2.75) is 82.5 Å². The molecule has 0 amide bonds. The Balaban J connectivity index is 1.54. The number of allylic oxidation sites excluding steroid dienone is 1. The molecule has 148 valence electrons. The molecule has 0 bridgehead atoms. The van der Waals surface area contributed by atoms with Gasteiger partial charge in [-0.2, -0.15) is 0 Å². The number of hydrogen-bond acceptors (Lipinski definition) is 5. The molecule has 0 aromatic carbocycles. The van der Waals surface area contributed by atoms with Gasteiger partial charge in [0.05, 0.1) is 0 Å². The molecule has 1 spiro atoms. The lowest BCUT2D eigenvalue weighted by Crippen LogP contribution is -2.57. The van der Waals surface area contributed by atoms with Crippen molar-refractivity contribution in [3.8, 4) is 0 Å². The number of carbonyl (C=O) groups excluding carboxylic acids is 2. The second-order valence-electron chi connectivity index (χ2n) is 10.2. The summed E-state index contributed by atoms with van der Waals surface area (Å²) in [5, 5.41) is 0.150. The van der Waals surface area contributed by atoms with E-state index in [-0.39, 0.29) is 33.4 Å². The Morgan fingerprint density at radius 1 is 1.07 bits per heavy atom. The maximum atomic E-state index is 12.1. The van der Waals surface area contributed by atoms with Gasteiger partial charge in [0, 0.05) is 23.5 Å². The number of carbonyl (C=O) groups is 2. The van der Waals surface area contributed by atoms with Crippen molar-refractivity contribution in [1.29, 1.82) is 0 Å². The third-order valence-electron chi connectivity index (χ3n) is 9.43. The van der Waals surface area contributed by atoms with Crippen molar-refractivity contribution >= 4 is 23.8 Å². The number of fused-ring (bicyclic) bond motifs is 6. The molecule has 4 aliphatic carbocycles. The van der Waals surface area contributed by atoms with Crippen molar-refractivity contribution in [2.75, 3.05) is 0 Å². The van der Waals surface area contributed by atoms with Crippen molar-refractivity contribution in [2.24, 2.45) is 28.6 Å². The van der Waals surface area contributed by atoms with E-state index in [4.69, 9.17) is 4.74 Å². The molecule has 0 aromatic heterocycles. The zero-order valence-electron chi connectivity index (χ0n) is 16.3. The quantitative estimate of drug-likeness (QED) is 0.516. The van der Waals surface area contributed by atoms with Gasteiger partial charge >= 0.3 is 5.97 Å². The summed E-state index contributed by atoms with van der Waals surface area (Å²) in [6.07, 6.45) is 10.0. The average molecular weight is 391 g/mol. The smallest absolute Gasteiger partial charge is 0.306 e. The van der Waals surface area contributed by atoms with Crippen molar-refractivity contribution in [3.63, 3.8) is 0 Å². The van der Waals surface area contributed by atoms with Crippen LogP contribution in [-0.2, 0) is 14.3 Å². The van der Waals surface area contributed by atoms with E-state index in [1.807, 2.05) is 6.08 Å². The summed E-state index contributed by atoms with van der Waals surface area (Å²) in [5.41, 5.74) is 1.12. The van der Waals surface area contributed by atoms with Crippen LogP contribution in [0.2, 0.25) is 0 Å². The predicted molar refractivity (Wildman–Crippen MR) is 104 cm³/mol. The number of ketones is 1. The van der Waals surface area contributed by atoms with Crippen molar-refractivity contribution < 1.29 is 18.9 Å². The van der Waals surface area contributed by atoms with Gasteiger partial charge < -0.3 is 9.29 Å². The molecule has 1 saturated heterocycles. The van der Waals surface area contributed by atoms with Gasteiger partial charge in [-0.1, -0.05) is 19.4 Å². The SMILES string of the molecule is C[C@]12CCC(=O)C=C1C[C@@H](SO)[C@@H]1[C@@H]2CC[C@@]2(C)[C@H]1CC[C@@]21CCC(=O)O1. The molecule has 4 nitrogen and oxygen atoms in total. The third-order valence-corrected chi connectivity index (χ3v) is 10.2. The van der Waals surface area contributed by atoms with Crippen LogP contribution in [0.3, 0.4) is 0 Å². The van der Waals surface area contributed by atoms with Gasteiger partial charge in [-0.3, -0.25) is 9.59 Å². The molecular formula is C22H30O4S. The van der Waals surface area contributed by atoms with E-state index in [1.54, 1.807) is 0 Å². The Labute approximate surface area is 165 Å². The molecule has 0 aromatic rings. The highest BCUT2D eigenvalue weighted by Gasteiger charge is 2.68. The van der Waals surface area contributed by atoms with Crippen LogP contribution in [0.25, 0.3) is 0 Å². The Kier molecular flexibility index (Phi) is 3.95. The van der Waals surface area contributed by atoms with Crippen LogP contribution in [-0.4, -0.2) is 27.2 Å². The van der Waals surface area contributed by atoms with E-state index in [2.05, 4.69) is 13.8 Å². The van der Waals surface area contributed by atoms with Gasteiger partial charge in [0.2, 0.25) is 0 Å². The van der Waals surface area contributed by atoms with Crippen LogP contribution < -0.4 is 0 Å². The van der Waals surface area contributed by atoms with E-state index in [9.17, 15) is 14.1 Å². The van der Waals surface area contributed by atoms with Gasteiger partial charge in [0.25, 0.3) is 0 Å². The van der Waals surface area contributed by atoms with Crippen LogP contribution in [0, 0.1) is 28.6 Å². The molecule has 5 aliphatic rings. The van der Waals surface area contributed by atoms with Crippen LogP contribution in [0.1, 0.15) is 71.6 Å². The first kappa shape index (κ1) is 18.2. The monoisotopic (exact) mass is 390 g/mol. The number of ether oxygens (including phenoxy) is 1. The molecule has 0 radical (unpaired) electrons. The van der Waals surface area contributed by atoms with Gasteiger partial charge in [-0.25, -0.2) is 0 Å². The first-order valence-corrected chi connectivity index (χ1v) is 11.4. The summed E-state index contributed by atoms with van der Waals surface area (Å²) in [5.74, 6) is 1.66. The topological polar surface area (TPSA) is 63.6 Å². The van der Waals surface area contributed by atoms with E-state index in [1.165, 1.54) is 5.57 Å². The first-order valence-electron chi connectivity index (χ1n) is 10.6. The lowest BCUT2D eigenvalue weighted by Gasteiger charge is -2.60. The van der Waals surface area contributed by atoms with Crippen molar-refractivity contribution in [1.82, 2.24) is 0 Å². The van der Waals surface area contributed by atoms with Crippen LogP contribution >= 0.6 is 12.0 Å². The fourth-order valence-electron chi connectivity index (χ4n) is 7.90. The highest BCUT2D eigenvalue weighted by Crippen LogP contribution is 2.70. The molecule has 1 heterocycles. The largest absolute Gasteiger partial charge is 0.458 e. The predicted octanol–water partition coefficient (Wildman–Crippen LogP) is 4.78. The fourth-order valence-corrected chi connectivity index (χ4v) is 8.68. The highest BCUT2D eigenvalue weighted by molar-refractivity contribution is 7.94. The molecule has 1 aliphatic heterocycles. The summed E-state index contributed by atoms with van der Waals surface area (Å²) in [7, 11) is 0. The standard InChI is InChI=1S/C22H30O4S/c1-20-7-3-14(23)11-13(20)12-17(27-25)19-15(20)4-8-21(2)16(19)5-9-22(21)10-6-18(24)26-22/h11,15-17,19,25H,3-10,12H2,1-2H3/t15-,16-,17+,19+,20-,21-,22+/m0/s1. The summed E-state index contributed by atoms with van der Waals surface area (Å²) < 4.78 is 16.2. The molecule has 1 N–H and O–H groups in total. The molecule has 27 heavy (non-hydrogen) atoms. The zero-order chi connectivity index (χ0) is 19.0. The van der Waals surface area contributed by atoms with Crippen molar-refractivity contribution in [3.05, 3.63) is 11.6 Å². The first-order chi connectivity index (χ1) is 12.8. The minimum atomic E-state index is -0.274. The van der Waals surface area contributed by atoms with E-state index < -0.39 is 0 Å². The van der Waals surface area contributed by atoms with E-state index in [0.29, 0.717) is 30.6 Å². The Bertz CT molecular complexity index is 732. The second-order valence-corrected chi connectivity index (χ2v) is 11.0. The van der Waals surface area contributed by atoms with Crippen LogP contribution in [0.15, 0.2) is 11.6 Å². The molecule has 4 fully saturated rings. The molecule has 3 saturated carbocycles. The summed E-state index contributed by atoms with van der Waals surface area (Å²) in [6.45, 7) is 4.72. The second kappa shape index (κ2) is 5.85. The normalized spacial score (nSPS) is 51.4. The maximum absolute atomic E-state index is 12.1. The summed E-state index contributed by atoms with van der Waals surface area (Å²) >= 11 is 1.01. The molecule has 7 atom stereocenters. The molecule has 5 rings (SSSR count). The highest BCUT2D eigenvalue weighted by atomic mass is 32.2. The average Bonchev–Trinajstić information content (AvgIpc) is 3.16. The Morgan fingerprint density at radius 2 is 1.85 bits per heavy atom. The molecular weight excluding hydrogens is 360 g/mol.